The molecule has 0 atom stereocenters. The van der Waals surface area contributed by atoms with Crippen LogP contribution in [-0.4, -0.2) is 29.0 Å². The Labute approximate surface area is 132 Å². The molecule has 1 aromatic heterocycles. The molecule has 2 heterocycles. The Bertz CT molecular complexity index is 676. The number of rotatable bonds is 3. The van der Waals surface area contributed by atoms with E-state index < -0.39 is 0 Å². The van der Waals surface area contributed by atoms with Gasteiger partial charge in [0.25, 0.3) is 5.91 Å². The molecule has 0 spiro atoms. The molecule has 1 amide bonds. The van der Waals surface area contributed by atoms with Gasteiger partial charge in [-0.15, -0.1) is 0 Å². The number of halogens is 1. The smallest absolute Gasteiger partial charge is 0.271 e. The van der Waals surface area contributed by atoms with Crippen LogP contribution in [0.3, 0.4) is 0 Å². The first-order valence-corrected chi connectivity index (χ1v) is 7.67. The molecular formula is C16H17BrN2O2. The van der Waals surface area contributed by atoms with E-state index in [0.717, 1.165) is 40.3 Å². The van der Waals surface area contributed by atoms with Crippen molar-refractivity contribution in [2.75, 3.05) is 13.7 Å². The predicted molar refractivity (Wildman–Crippen MR) is 84.6 cm³/mol. The molecule has 1 aliphatic rings. The molecule has 0 unspecified atom stereocenters. The summed E-state index contributed by atoms with van der Waals surface area (Å²) < 4.78 is 8.18. The molecule has 0 radical (unpaired) electrons. The van der Waals surface area contributed by atoms with Crippen molar-refractivity contribution in [1.29, 1.82) is 0 Å². The number of carbonyl (C=O) groups excluding carboxylic acids is 1. The summed E-state index contributed by atoms with van der Waals surface area (Å²) >= 11 is 3.51. The molecule has 0 saturated carbocycles. The van der Waals surface area contributed by atoms with Gasteiger partial charge in [-0.2, -0.15) is 0 Å². The highest BCUT2D eigenvalue weighted by molar-refractivity contribution is 9.10. The summed E-state index contributed by atoms with van der Waals surface area (Å²) in [5.41, 5.74) is 2.92. The van der Waals surface area contributed by atoms with E-state index in [1.54, 1.807) is 7.11 Å². The topological polar surface area (TPSA) is 34.5 Å². The van der Waals surface area contributed by atoms with Gasteiger partial charge in [-0.05, 0) is 52.2 Å². The highest BCUT2D eigenvalue weighted by Gasteiger charge is 2.27. The van der Waals surface area contributed by atoms with Crippen molar-refractivity contribution in [3.63, 3.8) is 0 Å². The standard InChI is InChI=1S/C16H17BrN2O2/c1-11-9-14(17)19-8-7-18(16(20)15(11)19)10-12-3-5-13(21-2)6-4-12/h3-6,9H,7-8,10H2,1-2H3. The van der Waals surface area contributed by atoms with E-state index in [1.165, 1.54) is 0 Å². The van der Waals surface area contributed by atoms with E-state index in [-0.39, 0.29) is 5.91 Å². The highest BCUT2D eigenvalue weighted by atomic mass is 79.9. The summed E-state index contributed by atoms with van der Waals surface area (Å²) in [6.45, 7) is 4.16. The number of carbonyl (C=O) groups is 1. The van der Waals surface area contributed by atoms with Gasteiger partial charge in [0.15, 0.2) is 0 Å². The molecule has 1 aromatic carbocycles. The van der Waals surface area contributed by atoms with Gasteiger partial charge >= 0.3 is 0 Å². The SMILES string of the molecule is COc1ccc(CN2CCn3c(Br)cc(C)c3C2=O)cc1. The van der Waals surface area contributed by atoms with Crippen LogP contribution >= 0.6 is 15.9 Å². The molecule has 2 aromatic rings. The Hall–Kier alpha value is -1.75. The molecule has 0 aliphatic carbocycles. The quantitative estimate of drug-likeness (QED) is 0.853. The Morgan fingerprint density at radius 2 is 1.95 bits per heavy atom. The molecule has 0 fully saturated rings. The van der Waals surface area contributed by atoms with Crippen LogP contribution in [0.15, 0.2) is 34.9 Å². The first-order chi connectivity index (χ1) is 10.1. The van der Waals surface area contributed by atoms with Gasteiger partial charge < -0.3 is 14.2 Å². The van der Waals surface area contributed by atoms with Crippen LogP contribution in [0.5, 0.6) is 5.75 Å². The second-order valence-corrected chi connectivity index (χ2v) is 6.04. The maximum Gasteiger partial charge on any atom is 0.271 e. The number of ether oxygens (including phenoxy) is 1. The summed E-state index contributed by atoms with van der Waals surface area (Å²) in [6.07, 6.45) is 0. The summed E-state index contributed by atoms with van der Waals surface area (Å²) in [6, 6.07) is 9.86. The Balaban J connectivity index is 1.81. The minimum atomic E-state index is 0.0975. The van der Waals surface area contributed by atoms with Gasteiger partial charge in [0.1, 0.15) is 11.4 Å². The third-order valence-corrected chi connectivity index (χ3v) is 4.51. The Morgan fingerprint density at radius 1 is 1.24 bits per heavy atom. The number of amides is 1. The van der Waals surface area contributed by atoms with Gasteiger partial charge in [-0.25, -0.2) is 0 Å². The number of benzene rings is 1. The maximum atomic E-state index is 12.6. The normalized spacial score (nSPS) is 14.2. The summed E-state index contributed by atoms with van der Waals surface area (Å²) in [5.74, 6) is 0.928. The van der Waals surface area contributed by atoms with Gasteiger partial charge in [0.05, 0.1) is 11.7 Å². The van der Waals surface area contributed by atoms with E-state index in [9.17, 15) is 4.79 Å². The third kappa shape index (κ3) is 2.58. The van der Waals surface area contributed by atoms with E-state index in [4.69, 9.17) is 4.74 Å². The van der Waals surface area contributed by atoms with Crippen molar-refractivity contribution >= 4 is 21.8 Å². The van der Waals surface area contributed by atoms with Gasteiger partial charge in [-0.3, -0.25) is 4.79 Å². The lowest BCUT2D eigenvalue weighted by Crippen LogP contribution is -2.39. The Kier molecular flexibility index (Phi) is 3.76. The van der Waals surface area contributed by atoms with Gasteiger partial charge in [0.2, 0.25) is 0 Å². The van der Waals surface area contributed by atoms with Gasteiger partial charge in [-0.1, -0.05) is 12.1 Å². The molecule has 0 bridgehead atoms. The number of methoxy groups -OCH3 is 1. The lowest BCUT2D eigenvalue weighted by molar-refractivity contribution is 0.0689. The van der Waals surface area contributed by atoms with Crippen LogP contribution in [0.1, 0.15) is 21.6 Å². The minimum Gasteiger partial charge on any atom is -0.497 e. The molecule has 21 heavy (non-hydrogen) atoms. The fourth-order valence-electron chi connectivity index (χ4n) is 2.72. The van der Waals surface area contributed by atoms with Crippen molar-refractivity contribution in [1.82, 2.24) is 9.47 Å². The van der Waals surface area contributed by atoms with Crippen LogP contribution in [0.4, 0.5) is 0 Å². The maximum absolute atomic E-state index is 12.6. The van der Waals surface area contributed by atoms with Crippen LogP contribution in [-0.2, 0) is 13.1 Å². The number of nitrogens with zero attached hydrogens (tertiary/aromatic N) is 2. The zero-order valence-electron chi connectivity index (χ0n) is 12.1. The molecule has 0 N–H and O–H groups in total. The third-order valence-electron chi connectivity index (χ3n) is 3.85. The fourth-order valence-corrected chi connectivity index (χ4v) is 3.42. The number of aromatic nitrogens is 1. The zero-order valence-corrected chi connectivity index (χ0v) is 13.7. The van der Waals surface area contributed by atoms with Crippen LogP contribution in [0, 0.1) is 6.92 Å². The number of hydrogen-bond donors (Lipinski definition) is 0. The number of fused-ring (bicyclic) bond motifs is 1. The average Bonchev–Trinajstić information content (AvgIpc) is 2.78. The van der Waals surface area contributed by atoms with Crippen LogP contribution in [0.2, 0.25) is 0 Å². The highest BCUT2D eigenvalue weighted by Crippen LogP contribution is 2.26. The van der Waals surface area contributed by atoms with Crippen molar-refractivity contribution in [2.45, 2.75) is 20.0 Å². The van der Waals surface area contributed by atoms with Crippen molar-refractivity contribution in [3.05, 3.63) is 51.8 Å². The van der Waals surface area contributed by atoms with E-state index in [2.05, 4.69) is 15.9 Å². The van der Waals surface area contributed by atoms with E-state index in [0.29, 0.717) is 6.54 Å². The number of hydrogen-bond acceptors (Lipinski definition) is 2. The lowest BCUT2D eigenvalue weighted by atomic mass is 10.1. The predicted octanol–water partition coefficient (Wildman–Crippen LogP) is 3.22. The fraction of sp³-hybridized carbons (Fsp3) is 0.312. The van der Waals surface area contributed by atoms with Gasteiger partial charge in [0, 0.05) is 19.6 Å². The molecule has 3 rings (SSSR count). The minimum absolute atomic E-state index is 0.0975. The summed E-state index contributed by atoms with van der Waals surface area (Å²) in [5, 5.41) is 0. The van der Waals surface area contributed by atoms with Crippen molar-refractivity contribution in [2.24, 2.45) is 0 Å². The zero-order chi connectivity index (χ0) is 15.0. The molecule has 0 saturated heterocycles. The van der Waals surface area contributed by atoms with Crippen molar-refractivity contribution < 1.29 is 9.53 Å². The number of aryl methyl sites for hydroxylation is 1. The molecule has 110 valence electrons. The van der Waals surface area contributed by atoms with Crippen LogP contribution in [0.25, 0.3) is 0 Å². The largest absolute Gasteiger partial charge is 0.497 e. The molecule has 5 heteroatoms. The van der Waals surface area contributed by atoms with E-state index in [1.807, 2.05) is 46.7 Å². The Morgan fingerprint density at radius 3 is 2.62 bits per heavy atom. The van der Waals surface area contributed by atoms with Crippen molar-refractivity contribution in [3.8, 4) is 5.75 Å². The summed E-state index contributed by atoms with van der Waals surface area (Å²) in [4.78, 5) is 14.5. The lowest BCUT2D eigenvalue weighted by Gasteiger charge is -2.29. The average molecular weight is 349 g/mol. The second kappa shape index (κ2) is 5.56. The summed E-state index contributed by atoms with van der Waals surface area (Å²) in [7, 11) is 1.65. The monoisotopic (exact) mass is 348 g/mol. The molecular weight excluding hydrogens is 332 g/mol. The first kappa shape index (κ1) is 14.2. The molecule has 4 nitrogen and oxygen atoms in total. The molecule has 1 aliphatic heterocycles. The second-order valence-electron chi connectivity index (χ2n) is 5.23. The van der Waals surface area contributed by atoms with Crippen LogP contribution < -0.4 is 4.74 Å². The van der Waals surface area contributed by atoms with E-state index >= 15 is 0 Å². The first-order valence-electron chi connectivity index (χ1n) is 6.88.